The number of amides is 1. The zero-order valence-corrected chi connectivity index (χ0v) is 14.2. The van der Waals surface area contributed by atoms with E-state index in [1.54, 1.807) is 0 Å². The minimum atomic E-state index is 0. The monoisotopic (exact) mass is 326 g/mol. The highest BCUT2D eigenvalue weighted by Crippen LogP contribution is 2.26. The number of nitrogens with two attached hydrogens (primary N) is 1. The summed E-state index contributed by atoms with van der Waals surface area (Å²) in [6.45, 7) is 4.56. The van der Waals surface area contributed by atoms with E-state index in [2.05, 4.69) is 5.32 Å². The molecule has 2 rings (SSSR count). The van der Waals surface area contributed by atoms with Crippen LogP contribution in [0.2, 0.25) is 0 Å². The predicted molar refractivity (Wildman–Crippen MR) is 91.2 cm³/mol. The molecule has 1 aliphatic rings. The van der Waals surface area contributed by atoms with Crippen LogP contribution in [0.3, 0.4) is 0 Å². The van der Waals surface area contributed by atoms with Crippen molar-refractivity contribution in [3.8, 4) is 5.75 Å². The molecule has 1 aromatic rings. The Morgan fingerprint density at radius 1 is 1.32 bits per heavy atom. The van der Waals surface area contributed by atoms with Crippen molar-refractivity contribution >= 4 is 18.3 Å². The molecule has 0 saturated heterocycles. The van der Waals surface area contributed by atoms with Crippen LogP contribution in [0.5, 0.6) is 5.75 Å². The van der Waals surface area contributed by atoms with Gasteiger partial charge in [-0.2, -0.15) is 0 Å². The van der Waals surface area contributed by atoms with Crippen LogP contribution in [0.4, 0.5) is 0 Å². The topological polar surface area (TPSA) is 64.3 Å². The molecule has 0 radical (unpaired) electrons. The van der Waals surface area contributed by atoms with Gasteiger partial charge in [-0.1, -0.05) is 18.6 Å². The molecular formula is C17H27ClN2O2. The lowest BCUT2D eigenvalue weighted by Gasteiger charge is -2.15. The van der Waals surface area contributed by atoms with Gasteiger partial charge in [-0.15, -0.1) is 12.4 Å². The summed E-state index contributed by atoms with van der Waals surface area (Å²) in [5.41, 5.74) is 7.08. The second kappa shape index (κ2) is 9.01. The Kier molecular flexibility index (Phi) is 7.69. The molecule has 1 fully saturated rings. The summed E-state index contributed by atoms with van der Waals surface area (Å²) in [6, 6.07) is 8.05. The number of benzene rings is 1. The first-order valence-corrected chi connectivity index (χ1v) is 7.82. The van der Waals surface area contributed by atoms with E-state index in [-0.39, 0.29) is 30.5 Å². The van der Waals surface area contributed by atoms with Gasteiger partial charge in [-0.05, 0) is 50.3 Å². The Morgan fingerprint density at radius 3 is 2.55 bits per heavy atom. The number of carbonyl (C=O) groups is 1. The number of hydrogen-bond donors (Lipinski definition) is 2. The first-order valence-electron chi connectivity index (χ1n) is 7.82. The molecule has 0 unspecified atom stereocenters. The maximum atomic E-state index is 11.9. The highest BCUT2D eigenvalue weighted by atomic mass is 35.5. The van der Waals surface area contributed by atoms with Crippen LogP contribution in [-0.2, 0) is 11.3 Å². The van der Waals surface area contributed by atoms with Crippen molar-refractivity contribution in [3.05, 3.63) is 29.8 Å². The van der Waals surface area contributed by atoms with Crippen molar-refractivity contribution < 1.29 is 9.53 Å². The van der Waals surface area contributed by atoms with Crippen LogP contribution in [0.15, 0.2) is 24.3 Å². The number of carbonyl (C=O) groups excluding carboxylic acids is 1. The summed E-state index contributed by atoms with van der Waals surface area (Å²) < 4.78 is 5.59. The Balaban J connectivity index is 0.00000242. The second-order valence-electron chi connectivity index (χ2n) is 6.15. The molecule has 1 aliphatic carbocycles. The van der Waals surface area contributed by atoms with Crippen LogP contribution in [-0.4, -0.2) is 18.1 Å². The van der Waals surface area contributed by atoms with E-state index in [0.29, 0.717) is 18.9 Å². The number of halogens is 1. The Labute approximate surface area is 139 Å². The quantitative estimate of drug-likeness (QED) is 0.844. The first kappa shape index (κ1) is 18.8. The zero-order chi connectivity index (χ0) is 15.2. The van der Waals surface area contributed by atoms with Gasteiger partial charge in [-0.3, -0.25) is 4.79 Å². The normalized spacial score (nSPS) is 20.5. The third-order valence-electron chi connectivity index (χ3n) is 3.95. The van der Waals surface area contributed by atoms with Gasteiger partial charge in [0, 0.05) is 19.0 Å². The summed E-state index contributed by atoms with van der Waals surface area (Å²) in [7, 11) is 0. The fourth-order valence-corrected chi connectivity index (χ4v) is 2.79. The molecule has 0 aliphatic heterocycles. The SMILES string of the molecule is CC(C)Oc1ccc(CNC(=O)C[C@@H]2CCC[C@H]2N)cc1.Cl. The van der Waals surface area contributed by atoms with E-state index < -0.39 is 0 Å². The lowest BCUT2D eigenvalue weighted by molar-refractivity contribution is -0.122. The van der Waals surface area contributed by atoms with E-state index in [4.69, 9.17) is 10.5 Å². The summed E-state index contributed by atoms with van der Waals surface area (Å²) >= 11 is 0. The van der Waals surface area contributed by atoms with Crippen LogP contribution in [0, 0.1) is 5.92 Å². The minimum Gasteiger partial charge on any atom is -0.491 e. The van der Waals surface area contributed by atoms with E-state index in [1.165, 1.54) is 0 Å². The largest absolute Gasteiger partial charge is 0.491 e. The van der Waals surface area contributed by atoms with E-state index in [9.17, 15) is 4.79 Å². The fourth-order valence-electron chi connectivity index (χ4n) is 2.79. The molecule has 0 aromatic heterocycles. The summed E-state index contributed by atoms with van der Waals surface area (Å²) in [4.78, 5) is 11.9. The third kappa shape index (κ3) is 5.85. The molecular weight excluding hydrogens is 300 g/mol. The average molecular weight is 327 g/mol. The van der Waals surface area contributed by atoms with E-state index >= 15 is 0 Å². The van der Waals surface area contributed by atoms with Crippen LogP contribution >= 0.6 is 12.4 Å². The van der Waals surface area contributed by atoms with Crippen LogP contribution in [0.1, 0.15) is 45.1 Å². The molecule has 0 bridgehead atoms. The lowest BCUT2D eigenvalue weighted by Crippen LogP contribution is -2.31. The molecule has 1 saturated carbocycles. The summed E-state index contributed by atoms with van der Waals surface area (Å²) in [5.74, 6) is 1.31. The maximum Gasteiger partial charge on any atom is 0.220 e. The predicted octanol–water partition coefficient (Wildman–Crippen LogP) is 3.03. The standard InChI is InChI=1S/C17H26N2O2.ClH/c1-12(2)21-15-8-6-13(7-9-15)11-19-17(20)10-14-4-3-5-16(14)18;/h6-9,12,14,16H,3-5,10-11,18H2,1-2H3,(H,19,20);1H/t14-,16+;/m0./s1. The maximum absolute atomic E-state index is 11.9. The van der Waals surface area contributed by atoms with Crippen molar-refractivity contribution in [3.63, 3.8) is 0 Å². The van der Waals surface area contributed by atoms with Gasteiger partial charge < -0.3 is 15.8 Å². The molecule has 0 heterocycles. The van der Waals surface area contributed by atoms with Crippen LogP contribution in [0.25, 0.3) is 0 Å². The van der Waals surface area contributed by atoms with Crippen molar-refractivity contribution in [2.24, 2.45) is 11.7 Å². The molecule has 5 heteroatoms. The number of hydrogen-bond acceptors (Lipinski definition) is 3. The number of rotatable bonds is 6. The van der Waals surface area contributed by atoms with Crippen molar-refractivity contribution in [1.29, 1.82) is 0 Å². The molecule has 4 nitrogen and oxygen atoms in total. The third-order valence-corrected chi connectivity index (χ3v) is 3.95. The molecule has 0 spiro atoms. The van der Waals surface area contributed by atoms with Crippen molar-refractivity contribution in [2.75, 3.05) is 0 Å². The zero-order valence-electron chi connectivity index (χ0n) is 13.4. The van der Waals surface area contributed by atoms with Gasteiger partial charge in [0.15, 0.2) is 0 Å². The molecule has 22 heavy (non-hydrogen) atoms. The fraction of sp³-hybridized carbons (Fsp3) is 0.588. The highest BCUT2D eigenvalue weighted by Gasteiger charge is 2.25. The summed E-state index contributed by atoms with van der Waals surface area (Å²) in [5, 5.41) is 2.97. The van der Waals surface area contributed by atoms with E-state index in [1.807, 2.05) is 38.1 Å². The lowest BCUT2D eigenvalue weighted by atomic mass is 10.00. The molecule has 124 valence electrons. The Morgan fingerprint density at radius 2 is 2.00 bits per heavy atom. The van der Waals surface area contributed by atoms with E-state index in [0.717, 1.165) is 30.6 Å². The minimum absolute atomic E-state index is 0. The van der Waals surface area contributed by atoms with Gasteiger partial charge in [-0.25, -0.2) is 0 Å². The van der Waals surface area contributed by atoms with Gasteiger partial charge in [0.2, 0.25) is 5.91 Å². The molecule has 1 aromatic carbocycles. The van der Waals surface area contributed by atoms with Crippen molar-refractivity contribution in [2.45, 2.75) is 58.2 Å². The Hall–Kier alpha value is -1.26. The molecule has 3 N–H and O–H groups in total. The smallest absolute Gasteiger partial charge is 0.220 e. The second-order valence-corrected chi connectivity index (χ2v) is 6.15. The summed E-state index contributed by atoms with van der Waals surface area (Å²) in [6.07, 6.45) is 4.00. The van der Waals surface area contributed by atoms with Gasteiger partial charge in [0.05, 0.1) is 6.10 Å². The number of ether oxygens (including phenoxy) is 1. The number of nitrogens with one attached hydrogen (secondary N) is 1. The van der Waals surface area contributed by atoms with Gasteiger partial charge in [0.25, 0.3) is 0 Å². The van der Waals surface area contributed by atoms with Crippen LogP contribution < -0.4 is 15.8 Å². The van der Waals surface area contributed by atoms with Crippen molar-refractivity contribution in [1.82, 2.24) is 5.32 Å². The molecule has 2 atom stereocenters. The van der Waals surface area contributed by atoms with Gasteiger partial charge >= 0.3 is 0 Å². The van der Waals surface area contributed by atoms with Gasteiger partial charge in [0.1, 0.15) is 5.75 Å². The molecule has 1 amide bonds. The average Bonchev–Trinajstić information content (AvgIpc) is 2.83. The first-order chi connectivity index (χ1) is 10.0. The Bertz CT molecular complexity index is 462. The highest BCUT2D eigenvalue weighted by molar-refractivity contribution is 5.85.